The van der Waals surface area contributed by atoms with Crippen LogP contribution in [-0.4, -0.2) is 35.5 Å². The molecule has 2 N–H and O–H groups in total. The maximum atomic E-state index is 12.2. The van der Waals surface area contributed by atoms with Gasteiger partial charge in [-0.25, -0.2) is 4.79 Å². The summed E-state index contributed by atoms with van der Waals surface area (Å²) in [6.07, 6.45) is 1.38. The van der Waals surface area contributed by atoms with Crippen molar-refractivity contribution in [2.24, 2.45) is 5.92 Å². The van der Waals surface area contributed by atoms with E-state index in [-0.39, 0.29) is 18.4 Å². The Morgan fingerprint density at radius 2 is 1.96 bits per heavy atom. The van der Waals surface area contributed by atoms with Crippen LogP contribution >= 0.6 is 0 Å². The van der Waals surface area contributed by atoms with Crippen LogP contribution in [0.4, 0.5) is 5.69 Å². The van der Waals surface area contributed by atoms with Gasteiger partial charge in [-0.05, 0) is 30.4 Å². The van der Waals surface area contributed by atoms with Crippen molar-refractivity contribution in [2.75, 3.05) is 11.4 Å². The molecule has 0 saturated heterocycles. The largest absolute Gasteiger partial charge is 0.480 e. The average Bonchev–Trinajstić information content (AvgIpc) is 2.49. The highest BCUT2D eigenvalue weighted by Crippen LogP contribution is 2.27. The molecule has 0 saturated carbocycles. The number of benzene rings is 1. The fourth-order valence-electron chi connectivity index (χ4n) is 2.75. The zero-order valence-electron chi connectivity index (χ0n) is 13.4. The number of fused-ring (bicyclic) bond motifs is 1. The van der Waals surface area contributed by atoms with Gasteiger partial charge < -0.3 is 15.3 Å². The third-order valence-electron chi connectivity index (χ3n) is 3.83. The second kappa shape index (κ2) is 7.26. The van der Waals surface area contributed by atoms with Gasteiger partial charge in [0.25, 0.3) is 0 Å². The fraction of sp³-hybridized carbons (Fsp3) is 0.471. The lowest BCUT2D eigenvalue weighted by atomic mass is 10.0. The second-order valence-electron chi connectivity index (χ2n) is 6.20. The standard InChI is InChI=1S/C17H22N2O4/c1-11(2)9-13(17(22)23)18-15(20)10-19-14-6-4-3-5-12(14)7-8-16(19)21/h3-6,11,13H,7-10H2,1-2H3,(H,18,20)(H,22,23). The molecule has 2 rings (SSSR count). The first kappa shape index (κ1) is 17.0. The molecule has 0 aromatic heterocycles. The summed E-state index contributed by atoms with van der Waals surface area (Å²) >= 11 is 0. The van der Waals surface area contributed by atoms with Gasteiger partial charge in [0.05, 0.1) is 0 Å². The van der Waals surface area contributed by atoms with E-state index in [0.717, 1.165) is 11.3 Å². The summed E-state index contributed by atoms with van der Waals surface area (Å²) in [5.74, 6) is -1.48. The molecule has 0 fully saturated rings. The van der Waals surface area contributed by atoms with Gasteiger partial charge >= 0.3 is 5.97 Å². The Hall–Kier alpha value is -2.37. The summed E-state index contributed by atoms with van der Waals surface area (Å²) in [6, 6.07) is 6.53. The fourth-order valence-corrected chi connectivity index (χ4v) is 2.75. The van der Waals surface area contributed by atoms with Gasteiger partial charge in [0.2, 0.25) is 11.8 Å². The SMILES string of the molecule is CC(C)CC(NC(=O)CN1C(=O)CCc2ccccc21)C(=O)O. The number of amides is 2. The van der Waals surface area contributed by atoms with Gasteiger partial charge in [0.1, 0.15) is 12.6 Å². The first-order chi connectivity index (χ1) is 10.9. The highest BCUT2D eigenvalue weighted by Gasteiger charge is 2.27. The molecule has 1 aliphatic heterocycles. The Morgan fingerprint density at radius 1 is 1.26 bits per heavy atom. The molecule has 0 aliphatic carbocycles. The predicted molar refractivity (Wildman–Crippen MR) is 86.1 cm³/mol. The van der Waals surface area contributed by atoms with E-state index in [1.165, 1.54) is 4.90 Å². The van der Waals surface area contributed by atoms with E-state index >= 15 is 0 Å². The van der Waals surface area contributed by atoms with Crippen LogP contribution in [0.3, 0.4) is 0 Å². The second-order valence-corrected chi connectivity index (χ2v) is 6.20. The molecule has 1 atom stereocenters. The van der Waals surface area contributed by atoms with Crippen molar-refractivity contribution in [3.05, 3.63) is 29.8 Å². The molecule has 6 heteroatoms. The van der Waals surface area contributed by atoms with E-state index in [4.69, 9.17) is 0 Å². The molecule has 0 radical (unpaired) electrons. The third kappa shape index (κ3) is 4.31. The molecular formula is C17H22N2O4. The highest BCUT2D eigenvalue weighted by molar-refractivity contribution is 6.01. The van der Waals surface area contributed by atoms with Crippen molar-refractivity contribution in [3.8, 4) is 0 Å². The number of carboxylic acid groups (broad SMARTS) is 1. The van der Waals surface area contributed by atoms with Gasteiger partial charge in [-0.15, -0.1) is 0 Å². The van der Waals surface area contributed by atoms with Crippen LogP contribution in [0.1, 0.15) is 32.3 Å². The van der Waals surface area contributed by atoms with Crippen LogP contribution in [0.2, 0.25) is 0 Å². The minimum absolute atomic E-state index is 0.116. The van der Waals surface area contributed by atoms with Crippen molar-refractivity contribution in [2.45, 2.75) is 39.2 Å². The lowest BCUT2D eigenvalue weighted by Gasteiger charge is -2.29. The van der Waals surface area contributed by atoms with E-state index in [0.29, 0.717) is 19.3 Å². The average molecular weight is 318 g/mol. The number of hydrogen-bond donors (Lipinski definition) is 2. The molecule has 1 unspecified atom stereocenters. The topological polar surface area (TPSA) is 86.7 Å². The molecule has 0 spiro atoms. The Kier molecular flexibility index (Phi) is 5.36. The molecule has 0 bridgehead atoms. The molecule has 2 amide bonds. The lowest BCUT2D eigenvalue weighted by molar-refractivity contribution is -0.142. The maximum Gasteiger partial charge on any atom is 0.326 e. The smallest absolute Gasteiger partial charge is 0.326 e. The van der Waals surface area contributed by atoms with Gasteiger partial charge in [-0.2, -0.15) is 0 Å². The molecule has 1 aromatic carbocycles. The lowest BCUT2D eigenvalue weighted by Crippen LogP contribution is -2.48. The monoisotopic (exact) mass is 318 g/mol. The number of carboxylic acids is 1. The van der Waals surface area contributed by atoms with Crippen molar-refractivity contribution < 1.29 is 19.5 Å². The number of anilines is 1. The van der Waals surface area contributed by atoms with Crippen LogP contribution < -0.4 is 10.2 Å². The van der Waals surface area contributed by atoms with Gasteiger partial charge in [-0.3, -0.25) is 9.59 Å². The Morgan fingerprint density at radius 3 is 2.61 bits per heavy atom. The van der Waals surface area contributed by atoms with Crippen molar-refractivity contribution in [1.82, 2.24) is 5.32 Å². The molecule has 1 aromatic rings. The Balaban J connectivity index is 2.07. The van der Waals surface area contributed by atoms with Gasteiger partial charge in [0, 0.05) is 12.1 Å². The van der Waals surface area contributed by atoms with E-state index in [1.54, 1.807) is 0 Å². The number of carbonyl (C=O) groups is 3. The van der Waals surface area contributed by atoms with Gasteiger partial charge in [-0.1, -0.05) is 32.0 Å². The number of aliphatic carboxylic acids is 1. The number of para-hydroxylation sites is 1. The summed E-state index contributed by atoms with van der Waals surface area (Å²) in [5.41, 5.74) is 1.76. The molecule has 124 valence electrons. The van der Waals surface area contributed by atoms with Crippen molar-refractivity contribution >= 4 is 23.5 Å². The number of hydrogen-bond acceptors (Lipinski definition) is 3. The number of rotatable bonds is 6. The molecule has 1 heterocycles. The summed E-state index contributed by atoms with van der Waals surface area (Å²) in [6.45, 7) is 3.64. The number of aryl methyl sites for hydroxylation is 1. The van der Waals surface area contributed by atoms with E-state index in [2.05, 4.69) is 5.32 Å². The normalized spacial score (nSPS) is 15.3. The van der Waals surface area contributed by atoms with Crippen LogP contribution in [0.25, 0.3) is 0 Å². The minimum Gasteiger partial charge on any atom is -0.480 e. The summed E-state index contributed by atoms with van der Waals surface area (Å²) in [7, 11) is 0. The summed E-state index contributed by atoms with van der Waals surface area (Å²) in [5, 5.41) is 11.7. The highest BCUT2D eigenvalue weighted by atomic mass is 16.4. The number of nitrogens with zero attached hydrogens (tertiary/aromatic N) is 1. The summed E-state index contributed by atoms with van der Waals surface area (Å²) in [4.78, 5) is 37.0. The van der Waals surface area contributed by atoms with Gasteiger partial charge in [0.15, 0.2) is 0 Å². The molecule has 1 aliphatic rings. The van der Waals surface area contributed by atoms with E-state index in [1.807, 2.05) is 38.1 Å². The number of carbonyl (C=O) groups excluding carboxylic acids is 2. The van der Waals surface area contributed by atoms with Crippen molar-refractivity contribution in [3.63, 3.8) is 0 Å². The Labute approximate surface area is 135 Å². The van der Waals surface area contributed by atoms with Crippen LogP contribution in [0, 0.1) is 5.92 Å². The summed E-state index contributed by atoms with van der Waals surface area (Å²) < 4.78 is 0. The zero-order chi connectivity index (χ0) is 17.0. The molecule has 23 heavy (non-hydrogen) atoms. The Bertz CT molecular complexity index is 612. The van der Waals surface area contributed by atoms with Crippen LogP contribution in [0.15, 0.2) is 24.3 Å². The van der Waals surface area contributed by atoms with E-state index < -0.39 is 17.9 Å². The van der Waals surface area contributed by atoms with Crippen LogP contribution in [0.5, 0.6) is 0 Å². The van der Waals surface area contributed by atoms with Crippen molar-refractivity contribution in [1.29, 1.82) is 0 Å². The predicted octanol–water partition coefficient (Wildman–Crippen LogP) is 1.58. The van der Waals surface area contributed by atoms with Crippen LogP contribution in [-0.2, 0) is 20.8 Å². The number of nitrogens with one attached hydrogen (secondary N) is 1. The maximum absolute atomic E-state index is 12.2. The molecule has 6 nitrogen and oxygen atoms in total. The zero-order valence-corrected chi connectivity index (χ0v) is 13.4. The first-order valence-corrected chi connectivity index (χ1v) is 7.79. The third-order valence-corrected chi connectivity index (χ3v) is 3.83. The first-order valence-electron chi connectivity index (χ1n) is 7.79. The molecular weight excluding hydrogens is 296 g/mol. The quantitative estimate of drug-likeness (QED) is 0.834. The van der Waals surface area contributed by atoms with E-state index in [9.17, 15) is 19.5 Å². The minimum atomic E-state index is -1.06.